The average molecular weight is 324 g/mol. The maximum atomic E-state index is 9.70. The highest BCUT2D eigenvalue weighted by Crippen LogP contribution is 2.27. The molecule has 1 fully saturated rings. The van der Waals surface area contributed by atoms with Gasteiger partial charge in [-0.15, -0.1) is 0 Å². The molecule has 0 bridgehead atoms. The summed E-state index contributed by atoms with van der Waals surface area (Å²) in [6.45, 7) is 1.68. The molecular formula is C18H20N4O2. The zero-order valence-electron chi connectivity index (χ0n) is 13.3. The summed E-state index contributed by atoms with van der Waals surface area (Å²) >= 11 is 0. The molecule has 124 valence electrons. The van der Waals surface area contributed by atoms with Crippen LogP contribution in [0.1, 0.15) is 18.4 Å². The van der Waals surface area contributed by atoms with E-state index in [-0.39, 0.29) is 12.7 Å². The molecule has 0 spiro atoms. The highest BCUT2D eigenvalue weighted by atomic mass is 16.3. The number of rotatable bonds is 3. The highest BCUT2D eigenvalue weighted by molar-refractivity contribution is 5.78. The van der Waals surface area contributed by atoms with Gasteiger partial charge in [0, 0.05) is 24.8 Å². The molecule has 3 aromatic rings. The zero-order valence-corrected chi connectivity index (χ0v) is 13.3. The number of aromatic nitrogens is 3. The normalized spacial score (nSPS) is 16.0. The Morgan fingerprint density at radius 3 is 2.54 bits per heavy atom. The van der Waals surface area contributed by atoms with Gasteiger partial charge in [0.2, 0.25) is 0 Å². The van der Waals surface area contributed by atoms with E-state index in [0.717, 1.165) is 54.1 Å². The number of anilines is 1. The van der Waals surface area contributed by atoms with Crippen LogP contribution in [0.5, 0.6) is 0 Å². The van der Waals surface area contributed by atoms with Crippen LogP contribution >= 0.6 is 0 Å². The molecule has 4 rings (SSSR count). The van der Waals surface area contributed by atoms with Crippen molar-refractivity contribution in [3.05, 3.63) is 48.3 Å². The Kier molecular flexibility index (Phi) is 3.92. The second-order valence-corrected chi connectivity index (χ2v) is 6.17. The van der Waals surface area contributed by atoms with Crippen LogP contribution in [0.2, 0.25) is 0 Å². The summed E-state index contributed by atoms with van der Waals surface area (Å²) in [6.07, 6.45) is 5.00. The average Bonchev–Trinajstić information content (AvgIpc) is 3.07. The van der Waals surface area contributed by atoms with E-state index in [0.29, 0.717) is 0 Å². The second-order valence-electron chi connectivity index (χ2n) is 6.17. The van der Waals surface area contributed by atoms with E-state index in [2.05, 4.69) is 15.0 Å². The van der Waals surface area contributed by atoms with Crippen molar-refractivity contribution in [2.45, 2.75) is 25.6 Å². The van der Waals surface area contributed by atoms with Crippen LogP contribution < -0.4 is 4.90 Å². The van der Waals surface area contributed by atoms with Crippen molar-refractivity contribution in [3.8, 4) is 11.1 Å². The maximum Gasteiger partial charge on any atom is 0.165 e. The third kappa shape index (κ3) is 2.64. The minimum atomic E-state index is -0.197. The quantitative estimate of drug-likeness (QED) is 0.769. The van der Waals surface area contributed by atoms with Crippen LogP contribution in [0.3, 0.4) is 0 Å². The van der Waals surface area contributed by atoms with Gasteiger partial charge in [-0.25, -0.2) is 4.98 Å². The summed E-state index contributed by atoms with van der Waals surface area (Å²) < 4.78 is 1.87. The monoisotopic (exact) mass is 324 g/mol. The van der Waals surface area contributed by atoms with Gasteiger partial charge >= 0.3 is 0 Å². The van der Waals surface area contributed by atoms with E-state index >= 15 is 0 Å². The third-order valence-corrected chi connectivity index (χ3v) is 4.62. The summed E-state index contributed by atoms with van der Waals surface area (Å²) in [5.41, 5.74) is 3.70. The summed E-state index contributed by atoms with van der Waals surface area (Å²) in [4.78, 5) is 6.75. The minimum absolute atomic E-state index is 0.0399. The molecular weight excluding hydrogens is 304 g/mol. The number of hydrogen-bond acceptors (Lipinski definition) is 5. The predicted molar refractivity (Wildman–Crippen MR) is 91.8 cm³/mol. The Morgan fingerprint density at radius 1 is 1.08 bits per heavy atom. The number of piperidine rings is 1. The molecule has 6 heteroatoms. The molecule has 2 N–H and O–H groups in total. The molecule has 1 aliphatic rings. The summed E-state index contributed by atoms with van der Waals surface area (Å²) in [6, 6.07) is 9.75. The SMILES string of the molecule is OCc1ccc(-c2cnn3c(N4CCC(O)CC4)ccnc23)cc1. The van der Waals surface area contributed by atoms with Crippen molar-refractivity contribution < 1.29 is 10.2 Å². The van der Waals surface area contributed by atoms with Gasteiger partial charge in [0.25, 0.3) is 0 Å². The first-order valence-electron chi connectivity index (χ1n) is 8.22. The van der Waals surface area contributed by atoms with Gasteiger partial charge in [0.05, 0.1) is 18.9 Å². The fourth-order valence-electron chi connectivity index (χ4n) is 3.21. The number of benzene rings is 1. The Hall–Kier alpha value is -2.44. The molecule has 0 aliphatic carbocycles. The Bertz CT molecular complexity index is 836. The Morgan fingerprint density at radius 2 is 1.83 bits per heavy atom. The number of nitrogens with zero attached hydrogens (tertiary/aromatic N) is 4. The lowest BCUT2D eigenvalue weighted by Crippen LogP contribution is -2.36. The molecule has 1 aromatic carbocycles. The summed E-state index contributed by atoms with van der Waals surface area (Å²) in [5, 5.41) is 23.4. The number of hydrogen-bond donors (Lipinski definition) is 2. The molecule has 0 atom stereocenters. The molecule has 24 heavy (non-hydrogen) atoms. The van der Waals surface area contributed by atoms with E-state index in [1.807, 2.05) is 47.2 Å². The summed E-state index contributed by atoms with van der Waals surface area (Å²) in [5.74, 6) is 1.00. The largest absolute Gasteiger partial charge is 0.393 e. The number of aliphatic hydroxyl groups is 2. The standard InChI is InChI=1S/C18H20N4O2/c23-12-13-1-3-14(4-2-13)16-11-20-22-17(5-8-19-18(16)22)21-9-6-15(24)7-10-21/h1-5,8,11,15,23-24H,6-7,9-10,12H2. The number of fused-ring (bicyclic) bond motifs is 1. The van der Waals surface area contributed by atoms with Gasteiger partial charge in [-0.2, -0.15) is 9.61 Å². The van der Waals surface area contributed by atoms with Crippen molar-refractivity contribution >= 4 is 11.5 Å². The van der Waals surface area contributed by atoms with Crippen molar-refractivity contribution in [1.29, 1.82) is 0 Å². The van der Waals surface area contributed by atoms with Crippen LogP contribution in [0, 0.1) is 0 Å². The highest BCUT2D eigenvalue weighted by Gasteiger charge is 2.20. The van der Waals surface area contributed by atoms with E-state index in [9.17, 15) is 10.2 Å². The molecule has 1 saturated heterocycles. The molecule has 0 unspecified atom stereocenters. The van der Waals surface area contributed by atoms with Gasteiger partial charge in [-0.05, 0) is 30.0 Å². The molecule has 6 nitrogen and oxygen atoms in total. The number of aliphatic hydroxyl groups excluding tert-OH is 2. The van der Waals surface area contributed by atoms with Gasteiger partial charge in [0.1, 0.15) is 5.82 Å². The fourth-order valence-corrected chi connectivity index (χ4v) is 3.21. The van der Waals surface area contributed by atoms with Crippen LogP contribution in [-0.2, 0) is 6.61 Å². The smallest absolute Gasteiger partial charge is 0.165 e. The lowest BCUT2D eigenvalue weighted by Gasteiger charge is -2.31. The molecule has 3 heterocycles. The minimum Gasteiger partial charge on any atom is -0.393 e. The Balaban J connectivity index is 1.73. The van der Waals surface area contributed by atoms with E-state index < -0.39 is 0 Å². The van der Waals surface area contributed by atoms with Gasteiger partial charge < -0.3 is 15.1 Å². The van der Waals surface area contributed by atoms with Crippen molar-refractivity contribution in [3.63, 3.8) is 0 Å². The van der Waals surface area contributed by atoms with E-state index in [1.54, 1.807) is 0 Å². The summed E-state index contributed by atoms with van der Waals surface area (Å²) in [7, 11) is 0. The second kappa shape index (κ2) is 6.22. The van der Waals surface area contributed by atoms with Crippen molar-refractivity contribution in [1.82, 2.24) is 14.6 Å². The molecule has 0 amide bonds. The molecule has 2 aromatic heterocycles. The van der Waals surface area contributed by atoms with E-state index in [4.69, 9.17) is 0 Å². The van der Waals surface area contributed by atoms with E-state index in [1.165, 1.54) is 0 Å². The van der Waals surface area contributed by atoms with Gasteiger partial charge in [-0.3, -0.25) is 0 Å². The zero-order chi connectivity index (χ0) is 16.5. The predicted octanol–water partition coefficient (Wildman–Crippen LogP) is 1.85. The van der Waals surface area contributed by atoms with Crippen LogP contribution in [0.15, 0.2) is 42.7 Å². The maximum absolute atomic E-state index is 9.70. The lowest BCUT2D eigenvalue weighted by atomic mass is 10.1. The molecule has 1 aliphatic heterocycles. The molecule has 0 saturated carbocycles. The van der Waals surface area contributed by atoms with Crippen molar-refractivity contribution in [2.24, 2.45) is 0 Å². The van der Waals surface area contributed by atoms with Crippen LogP contribution in [-0.4, -0.2) is 44.0 Å². The topological polar surface area (TPSA) is 73.9 Å². The van der Waals surface area contributed by atoms with Crippen LogP contribution in [0.25, 0.3) is 16.8 Å². The Labute approximate surface area is 140 Å². The van der Waals surface area contributed by atoms with Crippen molar-refractivity contribution in [2.75, 3.05) is 18.0 Å². The molecule has 0 radical (unpaired) electrons. The van der Waals surface area contributed by atoms with Gasteiger partial charge in [-0.1, -0.05) is 24.3 Å². The van der Waals surface area contributed by atoms with Gasteiger partial charge in [0.15, 0.2) is 5.65 Å². The third-order valence-electron chi connectivity index (χ3n) is 4.62. The first kappa shape index (κ1) is 15.1. The van der Waals surface area contributed by atoms with Crippen LogP contribution in [0.4, 0.5) is 5.82 Å². The fraction of sp³-hybridized carbons (Fsp3) is 0.333. The first-order chi connectivity index (χ1) is 11.8. The lowest BCUT2D eigenvalue weighted by molar-refractivity contribution is 0.145. The first-order valence-corrected chi connectivity index (χ1v) is 8.22.